The van der Waals surface area contributed by atoms with Gasteiger partial charge in [0.1, 0.15) is 31.0 Å². The first kappa shape index (κ1) is 26.5. The smallest absolute Gasteiger partial charge is 0.493 e. The van der Waals surface area contributed by atoms with Gasteiger partial charge in [-0.15, -0.1) is 0 Å². The topological polar surface area (TPSA) is 105 Å². The van der Waals surface area contributed by atoms with E-state index in [1.165, 1.54) is 0 Å². The zero-order valence-electron chi connectivity index (χ0n) is 21.7. The largest absolute Gasteiger partial charge is 0.513 e. The highest BCUT2D eigenvalue weighted by molar-refractivity contribution is 5.97. The second-order valence-electron chi connectivity index (χ2n) is 10.7. The summed E-state index contributed by atoms with van der Waals surface area (Å²) in [7, 11) is 0. The maximum Gasteiger partial charge on any atom is 0.513 e. The van der Waals surface area contributed by atoms with Gasteiger partial charge >= 0.3 is 12.2 Å². The van der Waals surface area contributed by atoms with Crippen molar-refractivity contribution in [1.29, 1.82) is 0 Å². The number of nitrogens with zero attached hydrogens (tertiary/aromatic N) is 2. The molecule has 1 unspecified atom stereocenters. The molecule has 9 nitrogen and oxygen atoms in total. The van der Waals surface area contributed by atoms with E-state index in [2.05, 4.69) is 5.32 Å². The van der Waals surface area contributed by atoms with Crippen LogP contribution in [0.15, 0.2) is 48.5 Å². The number of carbonyl (C=O) groups is 3. The molecule has 0 radical (unpaired) electrons. The van der Waals surface area contributed by atoms with E-state index in [1.54, 1.807) is 17.0 Å². The van der Waals surface area contributed by atoms with Crippen molar-refractivity contribution < 1.29 is 33.4 Å². The van der Waals surface area contributed by atoms with Gasteiger partial charge in [-0.3, -0.25) is 9.69 Å². The Hall–Kier alpha value is -3.59. The molecule has 37 heavy (non-hydrogen) atoms. The van der Waals surface area contributed by atoms with E-state index >= 15 is 0 Å². The van der Waals surface area contributed by atoms with E-state index in [-0.39, 0.29) is 36.6 Å². The minimum absolute atomic E-state index is 0.112. The number of hydrogen-bond acceptors (Lipinski definition) is 5. The van der Waals surface area contributed by atoms with Crippen LogP contribution in [0.25, 0.3) is 0 Å². The SMILES string of the molecule is CC(C)(C)OC(=O)N1CC[N+](Cc2ccccc2)(C(=O)O)C[C@H]1CCOc1cccc2c1CCNC2=O. The number of ether oxygens (including phenoxy) is 2. The van der Waals surface area contributed by atoms with Gasteiger partial charge in [-0.25, -0.2) is 9.28 Å². The lowest BCUT2D eigenvalue weighted by Crippen LogP contribution is -2.66. The fraction of sp³-hybridized carbons (Fsp3) is 0.464. The maximum atomic E-state index is 13.1. The molecule has 0 saturated carbocycles. The second-order valence-corrected chi connectivity index (χ2v) is 10.7. The molecule has 198 valence electrons. The zero-order valence-corrected chi connectivity index (χ0v) is 21.7. The van der Waals surface area contributed by atoms with Gasteiger partial charge in [-0.05, 0) is 39.3 Å². The molecule has 0 bridgehead atoms. The van der Waals surface area contributed by atoms with Gasteiger partial charge in [0.25, 0.3) is 5.91 Å². The molecule has 0 spiro atoms. The van der Waals surface area contributed by atoms with Crippen LogP contribution in [0.5, 0.6) is 5.75 Å². The highest BCUT2D eigenvalue weighted by Crippen LogP contribution is 2.28. The van der Waals surface area contributed by atoms with Crippen LogP contribution in [-0.2, 0) is 17.7 Å². The maximum absolute atomic E-state index is 13.1. The summed E-state index contributed by atoms with van der Waals surface area (Å²) in [4.78, 5) is 39.5. The summed E-state index contributed by atoms with van der Waals surface area (Å²) in [6, 6.07) is 14.6. The molecule has 2 aromatic rings. The molecule has 2 atom stereocenters. The molecule has 2 aliphatic heterocycles. The highest BCUT2D eigenvalue weighted by Gasteiger charge is 2.47. The Kier molecular flexibility index (Phi) is 7.73. The lowest BCUT2D eigenvalue weighted by molar-refractivity contribution is -0.878. The Labute approximate surface area is 217 Å². The lowest BCUT2D eigenvalue weighted by atomic mass is 9.99. The van der Waals surface area contributed by atoms with E-state index in [1.807, 2.05) is 57.2 Å². The van der Waals surface area contributed by atoms with E-state index in [0.717, 1.165) is 11.1 Å². The molecule has 2 N–H and O–H groups in total. The van der Waals surface area contributed by atoms with Gasteiger partial charge < -0.3 is 19.9 Å². The summed E-state index contributed by atoms with van der Waals surface area (Å²) in [5.41, 5.74) is 1.75. The molecule has 9 heteroatoms. The highest BCUT2D eigenvalue weighted by atomic mass is 16.6. The van der Waals surface area contributed by atoms with Crippen LogP contribution in [0.3, 0.4) is 0 Å². The number of hydrogen-bond donors (Lipinski definition) is 2. The molecule has 1 saturated heterocycles. The number of benzene rings is 2. The van der Waals surface area contributed by atoms with Crippen molar-refractivity contribution >= 4 is 18.1 Å². The molecule has 1 fully saturated rings. The van der Waals surface area contributed by atoms with Crippen LogP contribution in [-0.4, -0.2) is 77.0 Å². The number of piperazine rings is 1. The van der Waals surface area contributed by atoms with E-state index in [4.69, 9.17) is 9.47 Å². The fourth-order valence-corrected chi connectivity index (χ4v) is 5.07. The van der Waals surface area contributed by atoms with Crippen LogP contribution < -0.4 is 10.1 Å². The number of amides is 3. The minimum Gasteiger partial charge on any atom is -0.493 e. The Morgan fingerprint density at radius 3 is 2.59 bits per heavy atom. The fourth-order valence-electron chi connectivity index (χ4n) is 5.07. The molecule has 2 heterocycles. The van der Waals surface area contributed by atoms with Gasteiger partial charge in [-0.1, -0.05) is 36.4 Å². The first-order valence-electron chi connectivity index (χ1n) is 12.7. The van der Waals surface area contributed by atoms with Crippen molar-refractivity contribution in [2.45, 2.75) is 51.8 Å². The van der Waals surface area contributed by atoms with Crippen LogP contribution in [0.1, 0.15) is 48.7 Å². The summed E-state index contributed by atoms with van der Waals surface area (Å²) in [5.74, 6) is 0.537. The summed E-state index contributed by atoms with van der Waals surface area (Å²) >= 11 is 0. The summed E-state index contributed by atoms with van der Waals surface area (Å²) in [6.45, 7) is 7.38. The van der Waals surface area contributed by atoms with E-state index in [9.17, 15) is 19.5 Å². The third-order valence-corrected chi connectivity index (χ3v) is 6.88. The Bertz CT molecular complexity index is 1150. The molecule has 3 amide bonds. The van der Waals surface area contributed by atoms with E-state index in [0.29, 0.717) is 37.2 Å². The van der Waals surface area contributed by atoms with Gasteiger partial charge in [0.2, 0.25) is 0 Å². The summed E-state index contributed by atoms with van der Waals surface area (Å²) < 4.78 is 11.6. The predicted molar refractivity (Wildman–Crippen MR) is 137 cm³/mol. The monoisotopic (exact) mass is 510 g/mol. The normalized spacial score (nSPS) is 21.5. The number of quaternary nitrogens is 1. The van der Waals surface area contributed by atoms with Crippen LogP contribution >= 0.6 is 0 Å². The Morgan fingerprint density at radius 2 is 1.89 bits per heavy atom. The number of rotatable bonds is 6. The van der Waals surface area contributed by atoms with E-state index < -0.39 is 23.8 Å². The standard InChI is InChI=1S/C28H35N3O6/c1-28(2,3)37-26(33)30-15-16-31(27(34)35,18-20-8-5-4-6-9-20)19-21(30)13-17-36-24-11-7-10-23-22(24)12-14-29-25(23)32/h4-11,21H,12-19H2,1-3H3,(H-,29,32,34,35)/p+1/t21-,31?/m1/s1. The van der Waals surface area contributed by atoms with Gasteiger partial charge in [0.05, 0.1) is 19.2 Å². The number of carboxylic acid groups (broad SMARTS) is 1. The average Bonchev–Trinajstić information content (AvgIpc) is 2.84. The van der Waals surface area contributed by atoms with Crippen LogP contribution in [0, 0.1) is 0 Å². The van der Waals surface area contributed by atoms with Gasteiger partial charge in [0.15, 0.2) is 0 Å². The van der Waals surface area contributed by atoms with Gasteiger partial charge in [-0.2, -0.15) is 4.79 Å². The zero-order chi connectivity index (χ0) is 26.6. The Morgan fingerprint density at radius 1 is 1.14 bits per heavy atom. The summed E-state index contributed by atoms with van der Waals surface area (Å²) in [5, 5.41) is 13.1. The third-order valence-electron chi connectivity index (χ3n) is 6.88. The van der Waals surface area contributed by atoms with Crippen molar-refractivity contribution in [1.82, 2.24) is 10.2 Å². The minimum atomic E-state index is -0.915. The quantitative estimate of drug-likeness (QED) is 0.568. The number of fused-ring (bicyclic) bond motifs is 1. The van der Waals surface area contributed by atoms with Crippen molar-refractivity contribution in [2.75, 3.05) is 32.8 Å². The third kappa shape index (κ3) is 6.22. The Balaban J connectivity index is 1.53. The molecule has 4 rings (SSSR count). The summed E-state index contributed by atoms with van der Waals surface area (Å²) in [6.07, 6.45) is -0.256. The molecule has 0 aliphatic carbocycles. The van der Waals surface area contributed by atoms with Gasteiger partial charge in [0, 0.05) is 29.7 Å². The second kappa shape index (κ2) is 10.8. The van der Waals surface area contributed by atoms with Crippen LogP contribution in [0.2, 0.25) is 0 Å². The van der Waals surface area contributed by atoms with Crippen molar-refractivity contribution in [2.24, 2.45) is 0 Å². The molecule has 0 aromatic heterocycles. The average molecular weight is 511 g/mol. The molecular weight excluding hydrogens is 474 g/mol. The van der Waals surface area contributed by atoms with Crippen molar-refractivity contribution in [3.05, 3.63) is 65.2 Å². The molecular formula is C28H36N3O6+. The first-order valence-corrected chi connectivity index (χ1v) is 12.7. The van der Waals surface area contributed by atoms with Crippen molar-refractivity contribution in [3.8, 4) is 5.75 Å². The molecule has 2 aliphatic rings. The number of nitrogens with one attached hydrogen (secondary N) is 1. The molecule has 2 aromatic carbocycles. The number of carbonyl (C=O) groups excluding carboxylic acids is 2. The predicted octanol–water partition coefficient (Wildman–Crippen LogP) is 4.06. The van der Waals surface area contributed by atoms with Crippen LogP contribution in [0.4, 0.5) is 9.59 Å². The van der Waals surface area contributed by atoms with Crippen molar-refractivity contribution in [3.63, 3.8) is 0 Å². The lowest BCUT2D eigenvalue weighted by Gasteiger charge is -2.45. The first-order chi connectivity index (χ1) is 17.6.